The van der Waals surface area contributed by atoms with Crippen molar-refractivity contribution < 1.29 is 4.79 Å². The van der Waals surface area contributed by atoms with Gasteiger partial charge in [-0.15, -0.1) is 11.3 Å². The van der Waals surface area contributed by atoms with Crippen molar-refractivity contribution in [3.05, 3.63) is 58.5 Å². The van der Waals surface area contributed by atoms with E-state index in [1.807, 2.05) is 36.1 Å². The van der Waals surface area contributed by atoms with Crippen LogP contribution >= 0.6 is 11.3 Å². The van der Waals surface area contributed by atoms with Crippen molar-refractivity contribution in [3.8, 4) is 16.8 Å². The van der Waals surface area contributed by atoms with E-state index in [9.17, 15) is 9.59 Å². The summed E-state index contributed by atoms with van der Waals surface area (Å²) in [5.41, 5.74) is 2.45. The van der Waals surface area contributed by atoms with E-state index in [2.05, 4.69) is 15.1 Å². The van der Waals surface area contributed by atoms with Gasteiger partial charge in [0.25, 0.3) is 5.56 Å². The third kappa shape index (κ3) is 3.21. The van der Waals surface area contributed by atoms with Crippen LogP contribution in [0.2, 0.25) is 0 Å². The number of rotatable bonds is 4. The van der Waals surface area contributed by atoms with Gasteiger partial charge in [-0.1, -0.05) is 12.1 Å². The largest absolute Gasteiger partial charge is 0.341 e. The summed E-state index contributed by atoms with van der Waals surface area (Å²) in [5, 5.41) is 4.74. The summed E-state index contributed by atoms with van der Waals surface area (Å²) >= 11 is 1.49. The number of likely N-dealkylation sites (tertiary alicyclic amines) is 1. The third-order valence-electron chi connectivity index (χ3n) is 5.44. The van der Waals surface area contributed by atoms with Crippen LogP contribution in [0.3, 0.4) is 0 Å². The second-order valence-corrected chi connectivity index (χ2v) is 8.57. The highest BCUT2D eigenvalue weighted by molar-refractivity contribution is 7.19. The molecule has 5 rings (SSSR count). The van der Waals surface area contributed by atoms with Gasteiger partial charge in [-0.05, 0) is 37.5 Å². The van der Waals surface area contributed by atoms with Gasteiger partial charge in [0.15, 0.2) is 0 Å². The molecule has 1 fully saturated rings. The van der Waals surface area contributed by atoms with Crippen molar-refractivity contribution in [2.45, 2.75) is 26.3 Å². The van der Waals surface area contributed by atoms with E-state index in [-0.39, 0.29) is 18.0 Å². The average Bonchev–Trinajstić information content (AvgIpc) is 3.51. The molecule has 4 aromatic rings. The molecule has 1 aliphatic rings. The predicted octanol–water partition coefficient (Wildman–Crippen LogP) is 2.64. The Morgan fingerprint density at radius 1 is 1.20 bits per heavy atom. The van der Waals surface area contributed by atoms with Crippen molar-refractivity contribution in [1.29, 1.82) is 0 Å². The van der Waals surface area contributed by atoms with E-state index in [1.54, 1.807) is 11.0 Å². The summed E-state index contributed by atoms with van der Waals surface area (Å²) in [6, 6.07) is 7.82. The van der Waals surface area contributed by atoms with Crippen molar-refractivity contribution >= 4 is 27.5 Å². The summed E-state index contributed by atoms with van der Waals surface area (Å²) in [7, 11) is 0. The second-order valence-electron chi connectivity index (χ2n) is 7.37. The molecular weight excluding hydrogens is 400 g/mol. The number of benzene rings is 1. The predicted molar refractivity (Wildman–Crippen MR) is 115 cm³/mol. The summed E-state index contributed by atoms with van der Waals surface area (Å²) in [6.07, 6.45) is 6.65. The zero-order valence-corrected chi connectivity index (χ0v) is 17.3. The number of fused-ring (bicyclic) bond motifs is 1. The average molecular weight is 420 g/mol. The van der Waals surface area contributed by atoms with Gasteiger partial charge in [0.2, 0.25) is 5.91 Å². The van der Waals surface area contributed by atoms with Crippen molar-refractivity contribution in [2.75, 3.05) is 13.1 Å². The van der Waals surface area contributed by atoms with E-state index >= 15 is 0 Å². The van der Waals surface area contributed by atoms with Crippen LogP contribution in [0, 0.1) is 6.92 Å². The molecular formula is C21H20N6O2S. The Morgan fingerprint density at radius 3 is 2.80 bits per heavy atom. The first-order valence-electron chi connectivity index (χ1n) is 9.83. The van der Waals surface area contributed by atoms with E-state index in [1.165, 1.54) is 28.6 Å². The Labute approximate surface area is 176 Å². The zero-order valence-electron chi connectivity index (χ0n) is 16.5. The lowest BCUT2D eigenvalue weighted by Crippen LogP contribution is -2.34. The molecule has 152 valence electrons. The molecule has 0 radical (unpaired) electrons. The second kappa shape index (κ2) is 7.49. The lowest BCUT2D eigenvalue weighted by molar-refractivity contribution is -0.130. The van der Waals surface area contributed by atoms with Crippen LogP contribution in [0.5, 0.6) is 0 Å². The van der Waals surface area contributed by atoms with Crippen LogP contribution < -0.4 is 5.56 Å². The lowest BCUT2D eigenvalue weighted by atomic mass is 10.0. The van der Waals surface area contributed by atoms with Gasteiger partial charge in [0, 0.05) is 23.5 Å². The van der Waals surface area contributed by atoms with Crippen LogP contribution in [0.1, 0.15) is 17.7 Å². The van der Waals surface area contributed by atoms with Crippen molar-refractivity contribution in [2.24, 2.45) is 0 Å². The molecule has 0 aliphatic carbocycles. The van der Waals surface area contributed by atoms with E-state index in [4.69, 9.17) is 0 Å². The normalized spacial score (nSPS) is 14.0. The number of aryl methyl sites for hydroxylation is 1. The summed E-state index contributed by atoms with van der Waals surface area (Å²) < 4.78 is 3.11. The van der Waals surface area contributed by atoms with Crippen LogP contribution in [-0.2, 0) is 11.3 Å². The van der Waals surface area contributed by atoms with Crippen LogP contribution in [0.4, 0.5) is 0 Å². The smallest absolute Gasteiger partial charge is 0.263 e. The number of hydrogen-bond acceptors (Lipinski definition) is 6. The van der Waals surface area contributed by atoms with Gasteiger partial charge in [-0.25, -0.2) is 14.6 Å². The molecule has 3 aromatic heterocycles. The van der Waals surface area contributed by atoms with Gasteiger partial charge in [0.1, 0.15) is 24.0 Å². The number of amides is 1. The number of nitrogens with zero attached hydrogens (tertiary/aromatic N) is 6. The standard InChI is InChI=1S/C21H20N6O2S/c1-14-18(15-5-4-6-16(9-15)27-12-22-11-24-27)19-20(30-14)23-13-26(21(19)29)10-17(28)25-7-2-3-8-25/h4-6,9,11-13H,2-3,7-8,10H2,1H3. The number of carbonyl (C=O) groups is 1. The maximum atomic E-state index is 13.3. The summed E-state index contributed by atoms with van der Waals surface area (Å²) in [4.78, 5) is 37.9. The number of thiophene rings is 1. The molecule has 0 bridgehead atoms. The first-order chi connectivity index (χ1) is 14.6. The van der Waals surface area contributed by atoms with Gasteiger partial charge >= 0.3 is 0 Å². The summed E-state index contributed by atoms with van der Waals surface area (Å²) in [6.45, 7) is 3.54. The van der Waals surface area contributed by atoms with Crippen molar-refractivity contribution in [1.82, 2.24) is 29.2 Å². The van der Waals surface area contributed by atoms with Crippen LogP contribution in [0.25, 0.3) is 27.0 Å². The fraction of sp³-hybridized carbons (Fsp3) is 0.286. The lowest BCUT2D eigenvalue weighted by Gasteiger charge is -2.15. The first-order valence-corrected chi connectivity index (χ1v) is 10.7. The first kappa shape index (κ1) is 18.7. The molecule has 0 spiro atoms. The minimum atomic E-state index is -0.182. The van der Waals surface area contributed by atoms with Gasteiger partial charge in [-0.2, -0.15) is 5.10 Å². The SMILES string of the molecule is Cc1sc2ncn(CC(=O)N3CCCC3)c(=O)c2c1-c1cccc(-n2cncn2)c1. The Hall–Kier alpha value is -3.33. The molecule has 0 atom stereocenters. The molecule has 9 heteroatoms. The van der Waals surface area contributed by atoms with E-state index < -0.39 is 0 Å². The number of carbonyl (C=O) groups excluding carboxylic acids is 1. The maximum Gasteiger partial charge on any atom is 0.263 e. The monoisotopic (exact) mass is 420 g/mol. The molecule has 1 aromatic carbocycles. The maximum absolute atomic E-state index is 13.3. The molecule has 4 heterocycles. The Balaban J connectivity index is 1.59. The zero-order chi connectivity index (χ0) is 20.7. The highest BCUT2D eigenvalue weighted by atomic mass is 32.1. The van der Waals surface area contributed by atoms with Gasteiger partial charge < -0.3 is 4.90 Å². The van der Waals surface area contributed by atoms with E-state index in [0.29, 0.717) is 10.2 Å². The highest BCUT2D eigenvalue weighted by Crippen LogP contribution is 2.36. The molecule has 30 heavy (non-hydrogen) atoms. The van der Waals surface area contributed by atoms with E-state index in [0.717, 1.165) is 47.6 Å². The van der Waals surface area contributed by atoms with Crippen LogP contribution in [-0.4, -0.2) is 48.2 Å². The fourth-order valence-corrected chi connectivity index (χ4v) is 4.96. The Kier molecular flexibility index (Phi) is 4.66. The molecule has 1 saturated heterocycles. The fourth-order valence-electron chi connectivity index (χ4n) is 3.96. The van der Waals surface area contributed by atoms with Crippen molar-refractivity contribution in [3.63, 3.8) is 0 Å². The van der Waals surface area contributed by atoms with Gasteiger partial charge in [-0.3, -0.25) is 14.2 Å². The molecule has 0 N–H and O–H groups in total. The summed E-state index contributed by atoms with van der Waals surface area (Å²) in [5.74, 6) is -0.0302. The molecule has 0 saturated carbocycles. The number of aromatic nitrogens is 5. The molecule has 1 aliphatic heterocycles. The topological polar surface area (TPSA) is 85.9 Å². The Bertz CT molecular complexity index is 1280. The van der Waals surface area contributed by atoms with Gasteiger partial charge in [0.05, 0.1) is 17.4 Å². The minimum Gasteiger partial charge on any atom is -0.341 e. The van der Waals surface area contributed by atoms with Crippen LogP contribution in [0.15, 0.2) is 48.0 Å². The molecule has 0 unspecified atom stereocenters. The third-order valence-corrected chi connectivity index (χ3v) is 6.45. The minimum absolute atomic E-state index is 0.0229. The Morgan fingerprint density at radius 2 is 2.03 bits per heavy atom. The molecule has 1 amide bonds. The quantitative estimate of drug-likeness (QED) is 0.507. The molecule has 8 nitrogen and oxygen atoms in total. The number of hydrogen-bond donors (Lipinski definition) is 0. The highest BCUT2D eigenvalue weighted by Gasteiger charge is 2.21.